The monoisotopic (exact) mass is 404 g/mol. The van der Waals surface area contributed by atoms with Crippen LogP contribution in [-0.4, -0.2) is 34.0 Å². The lowest BCUT2D eigenvalue weighted by atomic mass is 9.95. The Hall–Kier alpha value is -2.99. The Balaban J connectivity index is 1.35. The largest absolute Gasteiger partial charge is 0.349 e. The number of amides is 1. The van der Waals surface area contributed by atoms with Crippen molar-refractivity contribution in [3.8, 4) is 11.4 Å². The molecule has 0 spiro atoms. The minimum Gasteiger partial charge on any atom is -0.349 e. The van der Waals surface area contributed by atoms with Crippen molar-refractivity contribution in [3.63, 3.8) is 0 Å². The summed E-state index contributed by atoms with van der Waals surface area (Å²) in [4.78, 5) is 19.7. The minimum atomic E-state index is -0.0203. The number of rotatable bonds is 7. The highest BCUT2D eigenvalue weighted by Gasteiger charge is 2.28. The second-order valence-corrected chi connectivity index (χ2v) is 7.83. The van der Waals surface area contributed by atoms with Gasteiger partial charge in [-0.05, 0) is 31.4 Å². The Morgan fingerprint density at radius 1 is 1.17 bits per heavy atom. The topological polar surface area (TPSA) is 71.3 Å². The fourth-order valence-electron chi connectivity index (χ4n) is 4.02. The van der Waals surface area contributed by atoms with Crippen LogP contribution < -0.4 is 5.32 Å². The lowest BCUT2D eigenvalue weighted by Gasteiger charge is -2.32. The van der Waals surface area contributed by atoms with E-state index in [-0.39, 0.29) is 17.9 Å². The Kier molecular flexibility index (Phi) is 6.54. The van der Waals surface area contributed by atoms with Crippen LogP contribution in [-0.2, 0) is 11.3 Å². The molecule has 156 valence electrons. The number of carbonyl (C=O) groups excluding carboxylic acids is 1. The molecule has 1 aliphatic rings. The quantitative estimate of drug-likeness (QED) is 0.638. The van der Waals surface area contributed by atoms with Crippen LogP contribution in [0.3, 0.4) is 0 Å². The third-order valence-electron chi connectivity index (χ3n) is 5.66. The van der Waals surface area contributed by atoms with Gasteiger partial charge in [-0.1, -0.05) is 72.7 Å². The Bertz CT molecular complexity index is 942. The summed E-state index contributed by atoms with van der Waals surface area (Å²) in [5.41, 5.74) is 2.09. The Morgan fingerprint density at radius 3 is 2.63 bits per heavy atom. The SMILES string of the molecule is CCC(NC(=O)C1CCCN(Cc2nc(-c3ccccc3)no2)C1)c1ccccc1. The molecule has 0 radical (unpaired) electrons. The molecule has 1 N–H and O–H groups in total. The van der Waals surface area contributed by atoms with Crippen molar-refractivity contribution in [2.75, 3.05) is 13.1 Å². The van der Waals surface area contributed by atoms with E-state index in [1.165, 1.54) is 0 Å². The molecule has 6 nitrogen and oxygen atoms in total. The van der Waals surface area contributed by atoms with Gasteiger partial charge in [0, 0.05) is 12.1 Å². The molecule has 3 aromatic rings. The first kappa shape index (κ1) is 20.3. The number of hydrogen-bond acceptors (Lipinski definition) is 5. The van der Waals surface area contributed by atoms with E-state index in [4.69, 9.17) is 4.52 Å². The Labute approximate surface area is 177 Å². The van der Waals surface area contributed by atoms with Crippen molar-refractivity contribution >= 4 is 5.91 Å². The van der Waals surface area contributed by atoms with E-state index in [2.05, 4.69) is 39.4 Å². The number of likely N-dealkylation sites (tertiary alicyclic amines) is 1. The molecule has 2 aromatic carbocycles. The van der Waals surface area contributed by atoms with Gasteiger partial charge in [0.2, 0.25) is 17.6 Å². The summed E-state index contributed by atoms with van der Waals surface area (Å²) >= 11 is 0. The molecule has 1 aromatic heterocycles. The van der Waals surface area contributed by atoms with Crippen molar-refractivity contribution in [1.82, 2.24) is 20.4 Å². The molecule has 2 unspecified atom stereocenters. The van der Waals surface area contributed by atoms with E-state index in [0.717, 1.165) is 36.9 Å². The van der Waals surface area contributed by atoms with Crippen molar-refractivity contribution in [1.29, 1.82) is 0 Å². The summed E-state index contributed by atoms with van der Waals surface area (Å²) in [6, 6.07) is 20.0. The van der Waals surface area contributed by atoms with Gasteiger partial charge >= 0.3 is 0 Å². The van der Waals surface area contributed by atoms with E-state index in [1.807, 2.05) is 48.5 Å². The van der Waals surface area contributed by atoms with Gasteiger partial charge in [-0.15, -0.1) is 0 Å². The summed E-state index contributed by atoms with van der Waals surface area (Å²) in [6.07, 6.45) is 2.77. The highest BCUT2D eigenvalue weighted by molar-refractivity contribution is 5.79. The first-order valence-corrected chi connectivity index (χ1v) is 10.7. The fraction of sp³-hybridized carbons (Fsp3) is 0.375. The summed E-state index contributed by atoms with van der Waals surface area (Å²) < 4.78 is 5.45. The van der Waals surface area contributed by atoms with Gasteiger partial charge in [-0.25, -0.2) is 0 Å². The maximum atomic E-state index is 12.9. The van der Waals surface area contributed by atoms with Crippen LogP contribution in [0, 0.1) is 5.92 Å². The average molecular weight is 405 g/mol. The van der Waals surface area contributed by atoms with Crippen LogP contribution in [0.4, 0.5) is 0 Å². The maximum absolute atomic E-state index is 12.9. The molecule has 6 heteroatoms. The molecule has 0 saturated carbocycles. The molecule has 2 heterocycles. The van der Waals surface area contributed by atoms with Gasteiger partial charge in [0.1, 0.15) is 0 Å². The zero-order valence-corrected chi connectivity index (χ0v) is 17.3. The van der Waals surface area contributed by atoms with Gasteiger partial charge < -0.3 is 9.84 Å². The fourth-order valence-corrected chi connectivity index (χ4v) is 4.02. The second-order valence-electron chi connectivity index (χ2n) is 7.83. The van der Waals surface area contributed by atoms with E-state index in [0.29, 0.717) is 24.8 Å². The predicted molar refractivity (Wildman–Crippen MR) is 115 cm³/mol. The summed E-state index contributed by atoms with van der Waals surface area (Å²) in [5, 5.41) is 7.34. The zero-order valence-electron chi connectivity index (χ0n) is 17.3. The first-order chi connectivity index (χ1) is 14.7. The minimum absolute atomic E-state index is 0.0203. The number of piperidine rings is 1. The van der Waals surface area contributed by atoms with Crippen LogP contribution in [0.15, 0.2) is 65.2 Å². The lowest BCUT2D eigenvalue weighted by Crippen LogP contribution is -2.43. The zero-order chi connectivity index (χ0) is 20.8. The standard InChI is InChI=1S/C24H28N4O2/c1-2-21(18-10-5-3-6-11-18)25-24(29)20-14-9-15-28(16-20)17-22-26-23(27-30-22)19-12-7-4-8-13-19/h3-8,10-13,20-21H,2,9,14-17H2,1H3,(H,25,29). The van der Waals surface area contributed by atoms with Crippen LogP contribution in [0.1, 0.15) is 43.7 Å². The first-order valence-electron chi connectivity index (χ1n) is 10.7. The third-order valence-corrected chi connectivity index (χ3v) is 5.66. The highest BCUT2D eigenvalue weighted by atomic mass is 16.5. The summed E-state index contributed by atoms with van der Waals surface area (Å²) in [6.45, 7) is 4.31. The number of nitrogens with one attached hydrogen (secondary N) is 1. The molecular formula is C24H28N4O2. The van der Waals surface area contributed by atoms with Crippen LogP contribution in [0.2, 0.25) is 0 Å². The smallest absolute Gasteiger partial charge is 0.241 e. The molecule has 0 aliphatic carbocycles. The van der Waals surface area contributed by atoms with Crippen LogP contribution in [0.5, 0.6) is 0 Å². The van der Waals surface area contributed by atoms with E-state index < -0.39 is 0 Å². The number of benzene rings is 2. The molecule has 2 atom stereocenters. The lowest BCUT2D eigenvalue weighted by molar-refractivity contribution is -0.127. The molecule has 0 bridgehead atoms. The summed E-state index contributed by atoms with van der Waals surface area (Å²) in [7, 11) is 0. The van der Waals surface area contributed by atoms with Gasteiger partial charge in [0.15, 0.2) is 0 Å². The number of nitrogens with zero attached hydrogens (tertiary/aromatic N) is 3. The second kappa shape index (κ2) is 9.67. The van der Waals surface area contributed by atoms with Gasteiger partial charge in [0.05, 0.1) is 18.5 Å². The molecule has 4 rings (SSSR count). The van der Waals surface area contributed by atoms with E-state index >= 15 is 0 Å². The normalized spacial score (nSPS) is 18.1. The van der Waals surface area contributed by atoms with Crippen molar-refractivity contribution in [3.05, 3.63) is 72.1 Å². The van der Waals surface area contributed by atoms with Gasteiger partial charge in [-0.3, -0.25) is 9.69 Å². The number of hydrogen-bond donors (Lipinski definition) is 1. The highest BCUT2D eigenvalue weighted by Crippen LogP contribution is 2.22. The van der Waals surface area contributed by atoms with Crippen molar-refractivity contribution in [2.24, 2.45) is 5.92 Å². The van der Waals surface area contributed by atoms with Crippen molar-refractivity contribution in [2.45, 2.75) is 38.8 Å². The number of carbonyl (C=O) groups is 1. The maximum Gasteiger partial charge on any atom is 0.241 e. The predicted octanol–water partition coefficient (Wildman–Crippen LogP) is 4.22. The van der Waals surface area contributed by atoms with Crippen LogP contribution in [0.25, 0.3) is 11.4 Å². The number of aromatic nitrogens is 2. The van der Waals surface area contributed by atoms with Gasteiger partial charge in [-0.2, -0.15) is 4.98 Å². The average Bonchev–Trinajstić information content (AvgIpc) is 3.27. The van der Waals surface area contributed by atoms with Crippen LogP contribution >= 0.6 is 0 Å². The van der Waals surface area contributed by atoms with E-state index in [1.54, 1.807) is 0 Å². The molecule has 1 aliphatic heterocycles. The molecule has 30 heavy (non-hydrogen) atoms. The third kappa shape index (κ3) is 4.94. The molecule has 1 amide bonds. The van der Waals surface area contributed by atoms with Gasteiger partial charge in [0.25, 0.3) is 0 Å². The Morgan fingerprint density at radius 2 is 1.90 bits per heavy atom. The summed E-state index contributed by atoms with van der Waals surface area (Å²) in [5.74, 6) is 1.30. The van der Waals surface area contributed by atoms with E-state index in [9.17, 15) is 4.79 Å². The molecular weight excluding hydrogens is 376 g/mol. The molecule has 1 fully saturated rings. The van der Waals surface area contributed by atoms with Crippen molar-refractivity contribution < 1.29 is 9.32 Å². The molecule has 1 saturated heterocycles.